The molecule has 0 aliphatic rings. The van der Waals surface area contributed by atoms with Crippen LogP contribution in [0, 0.1) is 0 Å². The van der Waals surface area contributed by atoms with Crippen LogP contribution >= 0.6 is 19.4 Å². The molecular weight excluding hydrogens is 353 g/mol. The van der Waals surface area contributed by atoms with Gasteiger partial charge in [-0.15, -0.1) is 0 Å². The minimum atomic E-state index is -4.30. The van der Waals surface area contributed by atoms with Crippen molar-refractivity contribution in [1.29, 1.82) is 0 Å². The largest absolute Gasteiger partial charge is 0.508 e. The van der Waals surface area contributed by atoms with Crippen molar-refractivity contribution in [3.05, 3.63) is 52.5 Å². The van der Waals surface area contributed by atoms with Gasteiger partial charge in [0, 0.05) is 16.9 Å². The molecule has 0 fully saturated rings. The van der Waals surface area contributed by atoms with Gasteiger partial charge < -0.3 is 24.9 Å². The Morgan fingerprint density at radius 2 is 2.00 bits per heavy atom. The molecular formula is C14H12N3O5PS. The van der Waals surface area contributed by atoms with Gasteiger partial charge in [-0.05, 0) is 23.8 Å². The van der Waals surface area contributed by atoms with Gasteiger partial charge in [-0.25, -0.2) is 4.98 Å². The molecule has 0 atom stereocenters. The Hall–Kier alpha value is -2.32. The first kappa shape index (κ1) is 16.5. The number of rotatable bonds is 4. The Morgan fingerprint density at radius 3 is 2.75 bits per heavy atom. The van der Waals surface area contributed by atoms with E-state index in [9.17, 15) is 14.5 Å². The van der Waals surface area contributed by atoms with Gasteiger partial charge in [0.15, 0.2) is 0 Å². The summed E-state index contributed by atoms with van der Waals surface area (Å²) >= 11 is 1.21. The Kier molecular flexibility index (Phi) is 4.33. The third-order valence-electron chi connectivity index (χ3n) is 3.10. The molecule has 124 valence electrons. The lowest BCUT2D eigenvalue weighted by atomic mass is 10.2. The second-order valence-corrected chi connectivity index (χ2v) is 7.40. The molecule has 0 aliphatic heterocycles. The van der Waals surface area contributed by atoms with Crippen LogP contribution in [0.5, 0.6) is 5.75 Å². The number of hydrogen-bond acceptors (Lipinski definition) is 5. The van der Waals surface area contributed by atoms with Crippen LogP contribution in [0.2, 0.25) is 0 Å². The average Bonchev–Trinajstić information content (AvgIpc) is 2.90. The highest BCUT2D eigenvalue weighted by atomic mass is 32.2. The molecule has 0 spiro atoms. The molecule has 1 aromatic carbocycles. The number of nitrogens with zero attached hydrogens (tertiary/aromatic N) is 1. The van der Waals surface area contributed by atoms with Crippen molar-refractivity contribution >= 4 is 36.5 Å². The van der Waals surface area contributed by atoms with E-state index in [4.69, 9.17) is 9.79 Å². The maximum atomic E-state index is 11.7. The van der Waals surface area contributed by atoms with Crippen LogP contribution in [0.3, 0.4) is 0 Å². The first-order chi connectivity index (χ1) is 11.3. The molecule has 0 saturated heterocycles. The summed E-state index contributed by atoms with van der Waals surface area (Å²) in [6.07, 6.45) is 4.19. The minimum absolute atomic E-state index is 0.0106. The number of aromatic amines is 2. The Bertz CT molecular complexity index is 1040. The molecule has 0 saturated carbocycles. The summed E-state index contributed by atoms with van der Waals surface area (Å²) in [4.78, 5) is 40.3. The van der Waals surface area contributed by atoms with Crippen LogP contribution in [0.15, 0.2) is 51.1 Å². The van der Waals surface area contributed by atoms with Gasteiger partial charge in [0.25, 0.3) is 5.56 Å². The molecule has 0 aliphatic carbocycles. The van der Waals surface area contributed by atoms with Crippen molar-refractivity contribution in [3.63, 3.8) is 0 Å². The SMILES string of the molecule is O=c1[nH]cnc2c(Sc3cc(O)ccc3C=CP(=O)(O)O)c[nH]c12. The molecule has 2 heterocycles. The zero-order valence-corrected chi connectivity index (χ0v) is 13.7. The standard InChI is InChI=1S/C14H12N3O5PS/c18-9-2-1-8(3-4-23(20,21)22)10(5-9)24-11-6-15-13-12(11)16-7-17-14(13)19/h1-7,15,18H,(H,16,17,19)(H2,20,21,22). The summed E-state index contributed by atoms with van der Waals surface area (Å²) < 4.78 is 11.0. The van der Waals surface area contributed by atoms with E-state index >= 15 is 0 Å². The normalized spacial score (nSPS) is 12.2. The number of phenols is 1. The molecule has 24 heavy (non-hydrogen) atoms. The van der Waals surface area contributed by atoms with Gasteiger partial charge in [-0.3, -0.25) is 9.36 Å². The number of phenolic OH excluding ortho intramolecular Hbond substituents is 1. The average molecular weight is 365 g/mol. The lowest BCUT2D eigenvalue weighted by Crippen LogP contribution is -2.05. The van der Waals surface area contributed by atoms with Gasteiger partial charge in [0.2, 0.25) is 0 Å². The van der Waals surface area contributed by atoms with Gasteiger partial charge >= 0.3 is 7.60 Å². The lowest BCUT2D eigenvalue weighted by molar-refractivity contribution is 0.386. The summed E-state index contributed by atoms with van der Waals surface area (Å²) in [5.74, 6) is 0.804. The van der Waals surface area contributed by atoms with E-state index in [1.165, 1.54) is 36.3 Å². The highest BCUT2D eigenvalue weighted by molar-refractivity contribution is 7.99. The first-order valence-corrected chi connectivity index (χ1v) is 9.13. The predicted octanol–water partition coefficient (Wildman–Crippen LogP) is 2.26. The van der Waals surface area contributed by atoms with Crippen LogP contribution in [0.25, 0.3) is 17.1 Å². The minimum Gasteiger partial charge on any atom is -0.508 e. The maximum Gasteiger partial charge on any atom is 0.349 e. The number of benzene rings is 1. The highest BCUT2D eigenvalue weighted by Gasteiger charge is 2.13. The van der Waals surface area contributed by atoms with Crippen molar-refractivity contribution in [1.82, 2.24) is 15.0 Å². The van der Waals surface area contributed by atoms with E-state index < -0.39 is 7.60 Å². The molecule has 0 amide bonds. The maximum absolute atomic E-state index is 11.7. The van der Waals surface area contributed by atoms with Crippen molar-refractivity contribution in [2.45, 2.75) is 9.79 Å². The molecule has 0 unspecified atom stereocenters. The summed E-state index contributed by atoms with van der Waals surface area (Å²) in [5, 5.41) is 9.68. The second kappa shape index (κ2) is 6.29. The lowest BCUT2D eigenvalue weighted by Gasteiger charge is -2.06. The number of nitrogens with one attached hydrogen (secondary N) is 2. The molecule has 8 nitrogen and oxygen atoms in total. The number of fused-ring (bicyclic) bond motifs is 1. The van der Waals surface area contributed by atoms with Crippen LogP contribution in [-0.2, 0) is 4.57 Å². The third kappa shape index (κ3) is 3.60. The number of aromatic nitrogens is 3. The van der Waals surface area contributed by atoms with E-state index in [1.807, 2.05) is 0 Å². The van der Waals surface area contributed by atoms with E-state index in [0.29, 0.717) is 26.4 Å². The Balaban J connectivity index is 2.04. The number of hydrogen-bond donors (Lipinski definition) is 5. The van der Waals surface area contributed by atoms with Crippen molar-refractivity contribution in [2.24, 2.45) is 0 Å². The molecule has 2 aromatic heterocycles. The fourth-order valence-corrected chi connectivity index (χ4v) is 3.44. The number of aromatic hydroxyl groups is 1. The second-order valence-electron chi connectivity index (χ2n) is 4.84. The van der Waals surface area contributed by atoms with Gasteiger partial charge in [0.05, 0.1) is 11.2 Å². The fraction of sp³-hybridized carbons (Fsp3) is 0. The Labute approximate surface area is 139 Å². The van der Waals surface area contributed by atoms with E-state index in [-0.39, 0.29) is 11.3 Å². The Morgan fingerprint density at radius 1 is 1.21 bits per heavy atom. The third-order valence-corrected chi connectivity index (χ3v) is 4.74. The topological polar surface area (TPSA) is 139 Å². The molecule has 3 rings (SSSR count). The molecule has 5 N–H and O–H groups in total. The zero-order chi connectivity index (χ0) is 17.3. The van der Waals surface area contributed by atoms with Crippen LogP contribution < -0.4 is 5.56 Å². The predicted molar refractivity (Wildman–Crippen MR) is 90.0 cm³/mol. The van der Waals surface area contributed by atoms with Crippen molar-refractivity contribution < 1.29 is 19.5 Å². The molecule has 0 bridgehead atoms. The van der Waals surface area contributed by atoms with Gasteiger partial charge in [0.1, 0.15) is 16.8 Å². The highest BCUT2D eigenvalue weighted by Crippen LogP contribution is 2.40. The smallest absolute Gasteiger partial charge is 0.349 e. The van der Waals surface area contributed by atoms with E-state index in [0.717, 1.165) is 5.82 Å². The van der Waals surface area contributed by atoms with Crippen molar-refractivity contribution in [2.75, 3.05) is 0 Å². The monoisotopic (exact) mass is 365 g/mol. The van der Waals surface area contributed by atoms with Crippen LogP contribution in [0.4, 0.5) is 0 Å². The van der Waals surface area contributed by atoms with Crippen molar-refractivity contribution in [3.8, 4) is 5.75 Å². The summed E-state index contributed by atoms with van der Waals surface area (Å²) in [6, 6.07) is 4.43. The summed E-state index contributed by atoms with van der Waals surface area (Å²) in [7, 11) is -4.30. The molecule has 0 radical (unpaired) electrons. The summed E-state index contributed by atoms with van der Waals surface area (Å²) in [5.41, 5.74) is 1.01. The van der Waals surface area contributed by atoms with Crippen LogP contribution in [0.1, 0.15) is 5.56 Å². The molecule has 3 aromatic rings. The van der Waals surface area contributed by atoms with Gasteiger partial charge in [-0.1, -0.05) is 17.8 Å². The quantitative estimate of drug-likeness (QED) is 0.447. The van der Waals surface area contributed by atoms with E-state index in [1.54, 1.807) is 12.3 Å². The number of H-pyrrole nitrogens is 2. The van der Waals surface area contributed by atoms with Crippen LogP contribution in [-0.4, -0.2) is 29.8 Å². The summed E-state index contributed by atoms with van der Waals surface area (Å²) in [6.45, 7) is 0. The molecule has 10 heteroatoms. The first-order valence-electron chi connectivity index (χ1n) is 6.63. The fourth-order valence-electron chi connectivity index (χ4n) is 2.05. The van der Waals surface area contributed by atoms with E-state index in [2.05, 4.69) is 15.0 Å². The zero-order valence-electron chi connectivity index (χ0n) is 12.0. The van der Waals surface area contributed by atoms with Gasteiger partial charge in [-0.2, -0.15) is 0 Å².